The second-order valence-corrected chi connectivity index (χ2v) is 11.2. The third-order valence-corrected chi connectivity index (χ3v) is 8.84. The molecule has 0 aliphatic carbocycles. The van der Waals surface area contributed by atoms with Gasteiger partial charge in [-0.15, -0.1) is 0 Å². The van der Waals surface area contributed by atoms with Gasteiger partial charge in [-0.3, -0.25) is 9.69 Å². The molecule has 2 aromatic carbocycles. The summed E-state index contributed by atoms with van der Waals surface area (Å²) >= 11 is 0. The number of hydrogen-bond donors (Lipinski definition) is 0. The lowest BCUT2D eigenvalue weighted by atomic mass is 9.95. The highest BCUT2D eigenvalue weighted by Crippen LogP contribution is 2.31. The van der Waals surface area contributed by atoms with Gasteiger partial charge in [0.15, 0.2) is 0 Å². The monoisotopic (exact) mass is 466 g/mol. The van der Waals surface area contributed by atoms with E-state index in [1.807, 2.05) is 25.1 Å². The van der Waals surface area contributed by atoms with Gasteiger partial charge < -0.3 is 0 Å². The van der Waals surface area contributed by atoms with E-state index < -0.39 is 10.0 Å². The molecule has 0 bridgehead atoms. The molecule has 0 aromatic heterocycles. The summed E-state index contributed by atoms with van der Waals surface area (Å²) in [5.74, 6) is -0.240. The molecular weight excluding hydrogens is 436 g/mol. The molecule has 2 fully saturated rings. The molecule has 174 valence electrons. The molecule has 0 saturated carbocycles. The average molecular weight is 467 g/mol. The SMILES string of the molecule is Cc1ccc(S(=O)(=O)N2CCC3C(=O)N(C4CCN(Cc5ccccc5)CC4)N=C3C2)cc1. The van der Waals surface area contributed by atoms with Crippen LogP contribution in [0.4, 0.5) is 0 Å². The van der Waals surface area contributed by atoms with Crippen LogP contribution in [-0.2, 0) is 21.4 Å². The van der Waals surface area contributed by atoms with E-state index in [9.17, 15) is 13.2 Å². The Bertz CT molecular complexity index is 1140. The molecule has 1 amide bonds. The lowest BCUT2D eigenvalue weighted by Gasteiger charge is -2.35. The highest BCUT2D eigenvalue weighted by Gasteiger charge is 2.44. The number of carbonyl (C=O) groups excluding carboxylic acids is 1. The quantitative estimate of drug-likeness (QED) is 0.679. The molecule has 1 atom stereocenters. The first kappa shape index (κ1) is 22.3. The molecule has 0 radical (unpaired) electrons. The highest BCUT2D eigenvalue weighted by molar-refractivity contribution is 7.89. The summed E-state index contributed by atoms with van der Waals surface area (Å²) < 4.78 is 27.7. The number of nitrogens with zero attached hydrogens (tertiary/aromatic N) is 4. The Morgan fingerprint density at radius 2 is 1.64 bits per heavy atom. The number of hydrogen-bond acceptors (Lipinski definition) is 5. The summed E-state index contributed by atoms with van der Waals surface area (Å²) in [6.07, 6.45) is 2.26. The van der Waals surface area contributed by atoms with Crippen LogP contribution in [0.2, 0.25) is 0 Å². The van der Waals surface area contributed by atoms with Crippen LogP contribution in [0.15, 0.2) is 64.6 Å². The first-order chi connectivity index (χ1) is 15.9. The zero-order chi connectivity index (χ0) is 23.0. The number of amides is 1. The lowest BCUT2D eigenvalue weighted by molar-refractivity contribution is -0.135. The van der Waals surface area contributed by atoms with Gasteiger partial charge in [-0.05, 0) is 43.9 Å². The van der Waals surface area contributed by atoms with Crippen LogP contribution in [-0.4, -0.2) is 66.5 Å². The van der Waals surface area contributed by atoms with Gasteiger partial charge in [0.05, 0.1) is 29.1 Å². The predicted octanol–water partition coefficient (Wildman–Crippen LogP) is 2.87. The molecule has 3 aliphatic heterocycles. The minimum atomic E-state index is -3.60. The summed E-state index contributed by atoms with van der Waals surface area (Å²) in [6.45, 7) is 5.23. The summed E-state index contributed by atoms with van der Waals surface area (Å²) in [6, 6.07) is 17.4. The molecule has 0 spiro atoms. The number of carbonyl (C=O) groups is 1. The molecular formula is C25H30N4O3S. The lowest BCUT2D eigenvalue weighted by Crippen LogP contribution is -2.46. The van der Waals surface area contributed by atoms with Gasteiger partial charge in [-0.25, -0.2) is 13.4 Å². The van der Waals surface area contributed by atoms with E-state index in [0.717, 1.165) is 38.0 Å². The van der Waals surface area contributed by atoms with Crippen molar-refractivity contribution >= 4 is 21.6 Å². The van der Waals surface area contributed by atoms with Crippen molar-refractivity contribution in [3.8, 4) is 0 Å². The smallest absolute Gasteiger partial charge is 0.251 e. The van der Waals surface area contributed by atoms with Gasteiger partial charge in [-0.1, -0.05) is 48.0 Å². The molecule has 7 nitrogen and oxygen atoms in total. The van der Waals surface area contributed by atoms with Crippen molar-refractivity contribution in [1.29, 1.82) is 0 Å². The Morgan fingerprint density at radius 3 is 2.33 bits per heavy atom. The number of likely N-dealkylation sites (tertiary alicyclic amines) is 1. The van der Waals surface area contributed by atoms with Crippen molar-refractivity contribution in [2.24, 2.45) is 11.0 Å². The minimum Gasteiger partial charge on any atom is -0.299 e. The normalized spacial score (nSPS) is 22.9. The Morgan fingerprint density at radius 1 is 0.939 bits per heavy atom. The first-order valence-corrected chi connectivity index (χ1v) is 13.1. The third-order valence-electron chi connectivity index (χ3n) is 6.98. The van der Waals surface area contributed by atoms with Gasteiger partial charge in [0.1, 0.15) is 0 Å². The highest BCUT2D eigenvalue weighted by atomic mass is 32.2. The van der Waals surface area contributed by atoms with Crippen molar-refractivity contribution in [2.45, 2.75) is 43.7 Å². The average Bonchev–Trinajstić information content (AvgIpc) is 3.16. The molecule has 2 aromatic rings. The summed E-state index contributed by atoms with van der Waals surface area (Å²) in [5, 5.41) is 6.34. The topological polar surface area (TPSA) is 73.3 Å². The van der Waals surface area contributed by atoms with Crippen LogP contribution in [0, 0.1) is 12.8 Å². The van der Waals surface area contributed by atoms with E-state index in [-0.39, 0.29) is 24.4 Å². The zero-order valence-corrected chi connectivity index (χ0v) is 19.7. The van der Waals surface area contributed by atoms with Crippen LogP contribution in [0.3, 0.4) is 0 Å². The van der Waals surface area contributed by atoms with Crippen LogP contribution in [0.1, 0.15) is 30.4 Å². The van der Waals surface area contributed by atoms with E-state index >= 15 is 0 Å². The van der Waals surface area contributed by atoms with Crippen molar-refractivity contribution < 1.29 is 13.2 Å². The Hall–Kier alpha value is -2.55. The van der Waals surface area contributed by atoms with Crippen LogP contribution < -0.4 is 0 Å². The second kappa shape index (κ2) is 9.00. The number of sulfonamides is 1. The van der Waals surface area contributed by atoms with Crippen molar-refractivity contribution in [2.75, 3.05) is 26.2 Å². The zero-order valence-electron chi connectivity index (χ0n) is 18.9. The number of rotatable bonds is 5. The standard InChI is InChI=1S/C25H30N4O3S/c1-19-7-9-22(10-8-19)33(31,32)28-16-13-23-24(18-28)26-29(25(23)30)21-11-14-27(15-12-21)17-20-5-3-2-4-6-20/h2-10,21,23H,11-18H2,1H3. The van der Waals surface area contributed by atoms with Crippen LogP contribution in [0.25, 0.3) is 0 Å². The van der Waals surface area contributed by atoms with Gasteiger partial charge in [-0.2, -0.15) is 9.41 Å². The fourth-order valence-electron chi connectivity index (χ4n) is 5.01. The van der Waals surface area contributed by atoms with E-state index in [1.54, 1.807) is 17.1 Å². The minimum absolute atomic E-state index is 0.0406. The van der Waals surface area contributed by atoms with E-state index in [4.69, 9.17) is 0 Å². The molecule has 33 heavy (non-hydrogen) atoms. The number of fused-ring (bicyclic) bond motifs is 1. The summed E-state index contributed by atoms with van der Waals surface area (Å²) in [7, 11) is -3.60. The molecule has 0 N–H and O–H groups in total. The maximum Gasteiger partial charge on any atom is 0.251 e. The molecule has 3 aliphatic rings. The summed E-state index contributed by atoms with van der Waals surface area (Å²) in [4.78, 5) is 15.8. The number of benzene rings is 2. The predicted molar refractivity (Wildman–Crippen MR) is 127 cm³/mol. The number of hydrazone groups is 1. The van der Waals surface area contributed by atoms with E-state index in [1.165, 1.54) is 9.87 Å². The van der Waals surface area contributed by atoms with Crippen molar-refractivity contribution in [3.63, 3.8) is 0 Å². The van der Waals surface area contributed by atoms with Crippen LogP contribution in [0.5, 0.6) is 0 Å². The molecule has 5 rings (SSSR count). The molecule has 3 heterocycles. The fourth-order valence-corrected chi connectivity index (χ4v) is 6.44. The summed E-state index contributed by atoms with van der Waals surface area (Å²) in [5.41, 5.74) is 3.01. The Kier molecular flexibility index (Phi) is 6.07. The van der Waals surface area contributed by atoms with Crippen molar-refractivity contribution in [3.05, 3.63) is 65.7 Å². The van der Waals surface area contributed by atoms with Crippen molar-refractivity contribution in [1.82, 2.24) is 14.2 Å². The molecule has 2 saturated heterocycles. The third kappa shape index (κ3) is 4.47. The Balaban J connectivity index is 1.24. The number of piperidine rings is 2. The number of aryl methyl sites for hydroxylation is 1. The van der Waals surface area contributed by atoms with E-state index in [0.29, 0.717) is 23.6 Å². The Labute approximate surface area is 195 Å². The van der Waals surface area contributed by atoms with Gasteiger partial charge in [0, 0.05) is 26.2 Å². The van der Waals surface area contributed by atoms with Gasteiger partial charge in [0.2, 0.25) is 10.0 Å². The van der Waals surface area contributed by atoms with Gasteiger partial charge >= 0.3 is 0 Å². The van der Waals surface area contributed by atoms with Gasteiger partial charge in [0.25, 0.3) is 5.91 Å². The molecule has 8 heteroatoms. The maximum atomic E-state index is 13.1. The first-order valence-electron chi connectivity index (χ1n) is 11.7. The largest absolute Gasteiger partial charge is 0.299 e. The molecule has 1 unspecified atom stereocenters. The maximum absolute atomic E-state index is 13.1. The van der Waals surface area contributed by atoms with E-state index in [2.05, 4.69) is 34.3 Å². The van der Waals surface area contributed by atoms with Crippen LogP contribution >= 0.6 is 0 Å². The fraction of sp³-hybridized carbons (Fsp3) is 0.440. The second-order valence-electron chi connectivity index (χ2n) is 9.26.